The van der Waals surface area contributed by atoms with Gasteiger partial charge in [0.25, 0.3) is 0 Å². The topological polar surface area (TPSA) is 43.4 Å². The van der Waals surface area contributed by atoms with Crippen LogP contribution in [0.1, 0.15) is 169 Å². The summed E-state index contributed by atoms with van der Waals surface area (Å²) < 4.78 is 4.95. The van der Waals surface area contributed by atoms with Gasteiger partial charge in [0.05, 0.1) is 0 Å². The van der Waals surface area contributed by atoms with Crippen molar-refractivity contribution >= 4 is 11.9 Å². The molecule has 0 rings (SSSR count). The van der Waals surface area contributed by atoms with Gasteiger partial charge in [-0.25, -0.2) is 0 Å². The molecule has 34 heavy (non-hydrogen) atoms. The maximum absolute atomic E-state index is 11.8. The van der Waals surface area contributed by atoms with E-state index in [1.807, 2.05) is 0 Å². The summed E-state index contributed by atoms with van der Waals surface area (Å²) in [4.78, 5) is 23.6. The fraction of sp³-hybridized carbons (Fsp3) is 0.867. The fourth-order valence-electron chi connectivity index (χ4n) is 4.15. The number of hydrogen-bond acceptors (Lipinski definition) is 3. The molecule has 0 radical (unpaired) electrons. The number of esters is 2. The fourth-order valence-corrected chi connectivity index (χ4v) is 4.15. The molecule has 0 saturated heterocycles. The van der Waals surface area contributed by atoms with E-state index < -0.39 is 0 Å². The van der Waals surface area contributed by atoms with Crippen molar-refractivity contribution in [2.24, 2.45) is 0 Å². The van der Waals surface area contributed by atoms with Crippen LogP contribution in [0.3, 0.4) is 0 Å². The molecule has 0 fully saturated rings. The normalized spacial score (nSPS) is 11.0. The third kappa shape index (κ3) is 29.9. The Labute approximate surface area is 236 Å². The van der Waals surface area contributed by atoms with Gasteiger partial charge in [-0.2, -0.15) is 0 Å². The van der Waals surface area contributed by atoms with Crippen molar-refractivity contribution in [3.05, 3.63) is 12.2 Å². The molecule has 3 nitrogen and oxygen atoms in total. The SMILES string of the molecule is CCCCCCCCC=CCCCCCCCC(=O)OC(=O)CCCCCCCCCCC.[H-].[Na+]. The molecule has 0 aliphatic rings. The number of unbranched alkanes of at least 4 members (excludes halogenated alkanes) is 19. The Kier molecular flexibility index (Phi) is 32.8. The van der Waals surface area contributed by atoms with Crippen LogP contribution < -0.4 is 29.6 Å². The minimum atomic E-state index is -0.339. The quantitative estimate of drug-likeness (QED) is 0.0451. The minimum absolute atomic E-state index is 0. The third-order valence-corrected chi connectivity index (χ3v) is 6.35. The van der Waals surface area contributed by atoms with Crippen LogP contribution in [0.5, 0.6) is 0 Å². The van der Waals surface area contributed by atoms with E-state index >= 15 is 0 Å². The Balaban J connectivity index is -0.00000512. The van der Waals surface area contributed by atoms with Crippen molar-refractivity contribution in [3.8, 4) is 0 Å². The molecular weight excluding hydrogens is 431 g/mol. The molecule has 0 amide bonds. The van der Waals surface area contributed by atoms with Crippen molar-refractivity contribution in [2.75, 3.05) is 0 Å². The first-order valence-corrected chi connectivity index (χ1v) is 14.6. The Morgan fingerprint density at radius 1 is 0.500 bits per heavy atom. The van der Waals surface area contributed by atoms with Gasteiger partial charge in [-0.05, 0) is 38.5 Å². The molecule has 0 aromatic rings. The van der Waals surface area contributed by atoms with E-state index in [0.717, 1.165) is 32.1 Å². The summed E-state index contributed by atoms with van der Waals surface area (Å²) in [6.07, 6.45) is 32.5. The standard InChI is InChI=1S/C30H56O3.Na.H/c1-3-5-7-9-11-13-14-15-16-17-18-20-22-24-26-28-30(32)33-29(31)27-25-23-21-19-12-10-8-6-4-2;;/h15-16H,3-14,17-28H2,1-2H3;;/q;+1;-1. The Morgan fingerprint density at radius 3 is 1.15 bits per heavy atom. The molecule has 0 bridgehead atoms. The van der Waals surface area contributed by atoms with Gasteiger partial charge >= 0.3 is 41.5 Å². The minimum Gasteiger partial charge on any atom is -1.00 e. The van der Waals surface area contributed by atoms with E-state index in [1.165, 1.54) is 109 Å². The number of carbonyl (C=O) groups excluding carboxylic acids is 2. The summed E-state index contributed by atoms with van der Waals surface area (Å²) in [5, 5.41) is 0. The largest absolute Gasteiger partial charge is 1.00 e. The van der Waals surface area contributed by atoms with Crippen LogP contribution in [0.2, 0.25) is 0 Å². The number of hydrogen-bond donors (Lipinski definition) is 0. The molecule has 0 aromatic heterocycles. The van der Waals surface area contributed by atoms with E-state index in [2.05, 4.69) is 26.0 Å². The molecular formula is C30H57NaO3. The predicted molar refractivity (Wildman–Crippen MR) is 144 cm³/mol. The van der Waals surface area contributed by atoms with Crippen molar-refractivity contribution in [1.82, 2.24) is 0 Å². The van der Waals surface area contributed by atoms with Gasteiger partial charge in [0.1, 0.15) is 0 Å². The summed E-state index contributed by atoms with van der Waals surface area (Å²) in [5.74, 6) is -0.677. The van der Waals surface area contributed by atoms with Gasteiger partial charge in [-0.1, -0.05) is 129 Å². The van der Waals surface area contributed by atoms with Crippen molar-refractivity contribution < 1.29 is 45.3 Å². The summed E-state index contributed by atoms with van der Waals surface area (Å²) in [6, 6.07) is 0. The average Bonchev–Trinajstić information content (AvgIpc) is 2.80. The average molecular weight is 489 g/mol. The first kappa shape index (κ1) is 36.0. The zero-order chi connectivity index (χ0) is 24.2. The molecule has 0 aliphatic heterocycles. The van der Waals surface area contributed by atoms with Crippen LogP contribution in [-0.4, -0.2) is 11.9 Å². The third-order valence-electron chi connectivity index (χ3n) is 6.35. The summed E-state index contributed by atoms with van der Waals surface area (Å²) in [5.41, 5.74) is 0. The predicted octanol–water partition coefficient (Wildman–Crippen LogP) is 7.13. The number of allylic oxidation sites excluding steroid dienone is 2. The van der Waals surface area contributed by atoms with E-state index in [9.17, 15) is 9.59 Å². The Bertz CT molecular complexity index is 469. The molecule has 4 heteroatoms. The van der Waals surface area contributed by atoms with Gasteiger partial charge in [0, 0.05) is 12.8 Å². The van der Waals surface area contributed by atoms with Crippen LogP contribution in [0.15, 0.2) is 12.2 Å². The smallest absolute Gasteiger partial charge is 1.00 e. The van der Waals surface area contributed by atoms with Crippen molar-refractivity contribution in [3.63, 3.8) is 0 Å². The van der Waals surface area contributed by atoms with Gasteiger partial charge in [-0.15, -0.1) is 0 Å². The molecule has 0 aliphatic carbocycles. The molecule has 0 heterocycles. The maximum Gasteiger partial charge on any atom is 1.00 e. The van der Waals surface area contributed by atoms with Crippen LogP contribution >= 0.6 is 0 Å². The van der Waals surface area contributed by atoms with Crippen LogP contribution in [0.25, 0.3) is 0 Å². The summed E-state index contributed by atoms with van der Waals surface area (Å²) in [6.45, 7) is 4.50. The summed E-state index contributed by atoms with van der Waals surface area (Å²) >= 11 is 0. The number of ether oxygens (including phenoxy) is 1. The van der Waals surface area contributed by atoms with Gasteiger partial charge in [0.15, 0.2) is 0 Å². The van der Waals surface area contributed by atoms with Crippen LogP contribution in [0.4, 0.5) is 0 Å². The second-order valence-electron chi connectivity index (χ2n) is 9.76. The summed E-state index contributed by atoms with van der Waals surface area (Å²) in [7, 11) is 0. The molecule has 0 N–H and O–H groups in total. The van der Waals surface area contributed by atoms with E-state index in [-0.39, 0.29) is 42.9 Å². The monoisotopic (exact) mass is 488 g/mol. The Morgan fingerprint density at radius 2 is 0.794 bits per heavy atom. The van der Waals surface area contributed by atoms with Gasteiger partial charge in [-0.3, -0.25) is 9.59 Å². The molecule has 0 spiro atoms. The molecule has 196 valence electrons. The van der Waals surface area contributed by atoms with Gasteiger partial charge < -0.3 is 6.16 Å². The second kappa shape index (κ2) is 30.9. The van der Waals surface area contributed by atoms with E-state index in [1.54, 1.807) is 0 Å². The Hall–Kier alpha value is -0.120. The first-order valence-electron chi connectivity index (χ1n) is 14.6. The molecule has 0 unspecified atom stereocenters. The van der Waals surface area contributed by atoms with Crippen molar-refractivity contribution in [2.45, 2.75) is 168 Å². The second-order valence-corrected chi connectivity index (χ2v) is 9.76. The molecule has 0 aromatic carbocycles. The molecule has 0 atom stereocenters. The number of carbonyl (C=O) groups is 2. The maximum atomic E-state index is 11.8. The van der Waals surface area contributed by atoms with E-state index in [0.29, 0.717) is 12.8 Å². The first-order chi connectivity index (χ1) is 16.2. The zero-order valence-corrected chi connectivity index (χ0v) is 25.4. The van der Waals surface area contributed by atoms with E-state index in [4.69, 9.17) is 4.74 Å². The molecule has 0 saturated carbocycles. The number of rotatable bonds is 25. The van der Waals surface area contributed by atoms with Gasteiger partial charge in [0.2, 0.25) is 0 Å². The van der Waals surface area contributed by atoms with Crippen LogP contribution in [-0.2, 0) is 14.3 Å². The van der Waals surface area contributed by atoms with Crippen LogP contribution in [0, 0.1) is 0 Å². The zero-order valence-electron chi connectivity index (χ0n) is 24.4. The van der Waals surface area contributed by atoms with Crippen molar-refractivity contribution in [1.29, 1.82) is 0 Å².